The number of fused-ring (bicyclic) bond motifs is 1. The van der Waals surface area contributed by atoms with Crippen LogP contribution in [0.5, 0.6) is 0 Å². The van der Waals surface area contributed by atoms with Gasteiger partial charge in [-0.05, 0) is 24.1 Å². The molecule has 1 unspecified atom stereocenters. The predicted molar refractivity (Wildman–Crippen MR) is 70.5 cm³/mol. The first kappa shape index (κ1) is 12.8. The summed E-state index contributed by atoms with van der Waals surface area (Å²) in [4.78, 5) is 16.5. The number of imidazole rings is 1. The van der Waals surface area contributed by atoms with Crippen LogP contribution in [-0.2, 0) is 7.05 Å². The van der Waals surface area contributed by atoms with Crippen LogP contribution in [0.1, 0.15) is 24.2 Å². The van der Waals surface area contributed by atoms with Crippen molar-refractivity contribution in [1.82, 2.24) is 9.55 Å². The molecule has 18 heavy (non-hydrogen) atoms. The Kier molecular flexibility index (Phi) is 3.48. The van der Waals surface area contributed by atoms with E-state index in [1.807, 2.05) is 31.5 Å². The van der Waals surface area contributed by atoms with Gasteiger partial charge >= 0.3 is 0 Å². The van der Waals surface area contributed by atoms with E-state index < -0.39 is 0 Å². The number of carbonyl (C=O) groups excluding carboxylic acids is 1. The van der Waals surface area contributed by atoms with E-state index >= 15 is 0 Å². The van der Waals surface area contributed by atoms with E-state index in [1.54, 1.807) is 18.5 Å². The van der Waals surface area contributed by atoms with Crippen LogP contribution in [0.4, 0.5) is 0 Å². The Morgan fingerprint density at radius 3 is 2.78 bits per heavy atom. The smallest absolute Gasteiger partial charge is 0.168 e. The van der Waals surface area contributed by atoms with Crippen molar-refractivity contribution in [3.8, 4) is 0 Å². The third-order valence-electron chi connectivity index (χ3n) is 3.35. The molecule has 0 spiro atoms. The molecule has 0 radical (unpaired) electrons. The zero-order valence-corrected chi connectivity index (χ0v) is 10.9. The summed E-state index contributed by atoms with van der Waals surface area (Å²) >= 11 is 0. The predicted octanol–water partition coefficient (Wildman–Crippen LogP) is 2.02. The third-order valence-corrected chi connectivity index (χ3v) is 3.35. The van der Waals surface area contributed by atoms with Gasteiger partial charge in [-0.2, -0.15) is 0 Å². The van der Waals surface area contributed by atoms with Gasteiger partial charge in [0.1, 0.15) is 0 Å². The monoisotopic (exact) mass is 246 g/mol. The number of ketones is 1. The summed E-state index contributed by atoms with van der Waals surface area (Å²) in [5, 5.41) is 9.30. The molecule has 0 aliphatic heterocycles. The molecule has 0 aliphatic rings. The summed E-state index contributed by atoms with van der Waals surface area (Å²) in [6.07, 6.45) is 1.73. The van der Waals surface area contributed by atoms with Gasteiger partial charge in [-0.3, -0.25) is 4.79 Å². The van der Waals surface area contributed by atoms with E-state index in [9.17, 15) is 9.90 Å². The van der Waals surface area contributed by atoms with E-state index in [0.29, 0.717) is 5.56 Å². The number of rotatable bonds is 4. The standard InChI is InChI=1S/C14H18N2O2/c1-9(2)11(7-17)14(18)10-4-5-13-12(6-10)15-8-16(13)3/h4-6,8-9,11,17H,7H2,1-3H3. The number of nitrogens with zero attached hydrogens (tertiary/aromatic N) is 2. The van der Waals surface area contributed by atoms with Crippen LogP contribution >= 0.6 is 0 Å². The summed E-state index contributed by atoms with van der Waals surface area (Å²) in [6.45, 7) is 3.77. The van der Waals surface area contributed by atoms with Crippen molar-refractivity contribution in [2.24, 2.45) is 18.9 Å². The van der Waals surface area contributed by atoms with Crippen LogP contribution in [0.25, 0.3) is 11.0 Å². The minimum atomic E-state index is -0.342. The topological polar surface area (TPSA) is 55.1 Å². The number of benzene rings is 1. The van der Waals surface area contributed by atoms with Gasteiger partial charge in [0.2, 0.25) is 0 Å². The molecule has 2 aromatic rings. The van der Waals surface area contributed by atoms with Crippen molar-refractivity contribution in [3.05, 3.63) is 30.1 Å². The molecule has 1 aromatic carbocycles. The van der Waals surface area contributed by atoms with Crippen molar-refractivity contribution in [3.63, 3.8) is 0 Å². The number of aliphatic hydroxyl groups is 1. The van der Waals surface area contributed by atoms with Crippen molar-refractivity contribution in [2.75, 3.05) is 6.61 Å². The summed E-state index contributed by atoms with van der Waals surface area (Å²) < 4.78 is 1.91. The first-order chi connectivity index (χ1) is 8.54. The first-order valence-electron chi connectivity index (χ1n) is 6.10. The number of Topliss-reactive ketones (excluding diaryl/α,β-unsaturated/α-hetero) is 1. The average Bonchev–Trinajstić information content (AvgIpc) is 2.71. The van der Waals surface area contributed by atoms with Crippen molar-refractivity contribution < 1.29 is 9.90 Å². The molecule has 0 saturated heterocycles. The van der Waals surface area contributed by atoms with Crippen LogP contribution in [0, 0.1) is 11.8 Å². The highest BCUT2D eigenvalue weighted by Gasteiger charge is 2.22. The van der Waals surface area contributed by atoms with E-state index in [0.717, 1.165) is 11.0 Å². The first-order valence-corrected chi connectivity index (χ1v) is 6.10. The fourth-order valence-corrected chi connectivity index (χ4v) is 2.10. The number of aryl methyl sites for hydroxylation is 1. The minimum Gasteiger partial charge on any atom is -0.396 e. The van der Waals surface area contributed by atoms with Crippen LogP contribution in [-0.4, -0.2) is 27.0 Å². The lowest BCUT2D eigenvalue weighted by Gasteiger charge is -2.16. The Bertz CT molecular complexity index is 572. The van der Waals surface area contributed by atoms with Crippen molar-refractivity contribution in [1.29, 1.82) is 0 Å². The highest BCUT2D eigenvalue weighted by molar-refractivity contribution is 6.00. The molecule has 0 bridgehead atoms. The molecule has 1 heterocycles. The second kappa shape index (κ2) is 4.90. The number of hydrogen-bond acceptors (Lipinski definition) is 3. The lowest BCUT2D eigenvalue weighted by atomic mass is 9.88. The lowest BCUT2D eigenvalue weighted by Crippen LogP contribution is -2.24. The van der Waals surface area contributed by atoms with E-state index in [4.69, 9.17) is 0 Å². The second-order valence-electron chi connectivity index (χ2n) is 4.96. The molecule has 0 amide bonds. The zero-order valence-electron chi connectivity index (χ0n) is 10.9. The Labute approximate surface area is 106 Å². The molecule has 4 heteroatoms. The molecule has 0 fully saturated rings. The summed E-state index contributed by atoms with van der Waals surface area (Å²) in [7, 11) is 1.92. The van der Waals surface area contributed by atoms with Crippen LogP contribution in [0.15, 0.2) is 24.5 Å². The second-order valence-corrected chi connectivity index (χ2v) is 4.96. The number of carbonyl (C=O) groups is 1. The SMILES string of the molecule is CC(C)C(CO)C(=O)c1ccc2c(c1)ncn2C. The average molecular weight is 246 g/mol. The molecular formula is C14H18N2O2. The fraction of sp³-hybridized carbons (Fsp3) is 0.429. The zero-order chi connectivity index (χ0) is 13.3. The molecule has 0 saturated carbocycles. The maximum atomic E-state index is 12.3. The molecular weight excluding hydrogens is 228 g/mol. The van der Waals surface area contributed by atoms with Gasteiger partial charge in [0.15, 0.2) is 5.78 Å². The molecule has 1 atom stereocenters. The lowest BCUT2D eigenvalue weighted by molar-refractivity contribution is 0.0807. The number of aliphatic hydroxyl groups excluding tert-OH is 1. The molecule has 1 N–H and O–H groups in total. The largest absolute Gasteiger partial charge is 0.396 e. The number of hydrogen-bond donors (Lipinski definition) is 1. The molecule has 1 aromatic heterocycles. The van der Waals surface area contributed by atoms with Crippen LogP contribution in [0.3, 0.4) is 0 Å². The van der Waals surface area contributed by atoms with Gasteiger partial charge in [-0.25, -0.2) is 4.98 Å². The highest BCUT2D eigenvalue weighted by Crippen LogP contribution is 2.20. The van der Waals surface area contributed by atoms with E-state index in [1.165, 1.54) is 0 Å². The summed E-state index contributed by atoms with van der Waals surface area (Å²) in [5.74, 6) is -0.229. The Morgan fingerprint density at radius 1 is 1.44 bits per heavy atom. The van der Waals surface area contributed by atoms with Crippen LogP contribution < -0.4 is 0 Å². The van der Waals surface area contributed by atoms with Gasteiger partial charge < -0.3 is 9.67 Å². The quantitative estimate of drug-likeness (QED) is 0.840. The Morgan fingerprint density at radius 2 is 2.17 bits per heavy atom. The maximum Gasteiger partial charge on any atom is 0.168 e. The number of aromatic nitrogens is 2. The third kappa shape index (κ3) is 2.16. The van der Waals surface area contributed by atoms with Crippen LogP contribution in [0.2, 0.25) is 0 Å². The highest BCUT2D eigenvalue weighted by atomic mass is 16.3. The maximum absolute atomic E-state index is 12.3. The normalized spacial score (nSPS) is 13.2. The minimum absolute atomic E-state index is 0.0138. The molecule has 4 nitrogen and oxygen atoms in total. The van der Waals surface area contributed by atoms with E-state index in [-0.39, 0.29) is 24.2 Å². The van der Waals surface area contributed by atoms with Gasteiger partial charge in [-0.1, -0.05) is 13.8 Å². The van der Waals surface area contributed by atoms with Crippen molar-refractivity contribution in [2.45, 2.75) is 13.8 Å². The molecule has 2 rings (SSSR count). The van der Waals surface area contributed by atoms with Crippen molar-refractivity contribution >= 4 is 16.8 Å². The molecule has 96 valence electrons. The summed E-state index contributed by atoms with van der Waals surface area (Å²) in [5.41, 5.74) is 2.43. The molecule has 0 aliphatic carbocycles. The fourth-order valence-electron chi connectivity index (χ4n) is 2.10. The van der Waals surface area contributed by atoms with Gasteiger partial charge in [0, 0.05) is 18.5 Å². The Balaban J connectivity index is 2.38. The van der Waals surface area contributed by atoms with E-state index in [2.05, 4.69) is 4.98 Å². The van der Waals surface area contributed by atoms with Gasteiger partial charge in [0.05, 0.1) is 24.0 Å². The Hall–Kier alpha value is -1.68. The summed E-state index contributed by atoms with van der Waals surface area (Å²) in [6, 6.07) is 5.49. The van der Waals surface area contributed by atoms with Gasteiger partial charge in [-0.15, -0.1) is 0 Å². The van der Waals surface area contributed by atoms with Gasteiger partial charge in [0.25, 0.3) is 0 Å².